The van der Waals surface area contributed by atoms with Crippen LogP contribution in [0.2, 0.25) is 0 Å². The van der Waals surface area contributed by atoms with Crippen molar-refractivity contribution in [3.8, 4) is 0 Å². The van der Waals surface area contributed by atoms with Crippen LogP contribution in [0.25, 0.3) is 0 Å². The van der Waals surface area contributed by atoms with E-state index >= 15 is 0 Å². The number of nitrogens with one attached hydrogen (secondary N) is 1. The molecule has 0 aromatic heterocycles. The minimum absolute atomic E-state index is 0.173. The molecule has 0 bridgehead atoms. The van der Waals surface area contributed by atoms with Crippen LogP contribution < -0.4 is 4.72 Å². The van der Waals surface area contributed by atoms with E-state index in [1.54, 1.807) is 18.7 Å². The summed E-state index contributed by atoms with van der Waals surface area (Å²) >= 11 is 1.72. The Morgan fingerprint density at radius 1 is 1.45 bits per heavy atom. The molecule has 3 nitrogen and oxygen atoms in total. The second-order valence-electron chi connectivity index (χ2n) is 2.14. The van der Waals surface area contributed by atoms with E-state index < -0.39 is 10.0 Å². The van der Waals surface area contributed by atoms with Crippen molar-refractivity contribution in [1.82, 2.24) is 4.72 Å². The lowest BCUT2D eigenvalue weighted by Crippen LogP contribution is -2.26. The van der Waals surface area contributed by atoms with Crippen molar-refractivity contribution in [2.75, 3.05) is 24.3 Å². The molecule has 0 aromatic rings. The fourth-order valence-electron chi connectivity index (χ4n) is 0.546. The maximum Gasteiger partial charge on any atom is 0.211 e. The van der Waals surface area contributed by atoms with Crippen molar-refractivity contribution in [1.29, 1.82) is 0 Å². The minimum atomic E-state index is -2.96. The Balaban J connectivity index is 3.39. The summed E-state index contributed by atoms with van der Waals surface area (Å²) in [6.45, 7) is 2.20. The first-order chi connectivity index (χ1) is 5.12. The standard InChI is InChI=1S/C6H15NO2S2/c1-3-11(8,9)7-5-4-6-10-2/h7H,3-6H2,1-2H3. The predicted molar refractivity (Wildman–Crippen MR) is 50.5 cm³/mol. The fourth-order valence-corrected chi connectivity index (χ4v) is 1.64. The molecular formula is C6H15NO2S2. The average molecular weight is 197 g/mol. The van der Waals surface area contributed by atoms with Crippen molar-refractivity contribution < 1.29 is 8.42 Å². The van der Waals surface area contributed by atoms with Crippen LogP contribution in [-0.2, 0) is 10.0 Å². The van der Waals surface area contributed by atoms with E-state index in [0.717, 1.165) is 12.2 Å². The van der Waals surface area contributed by atoms with Crippen LogP contribution in [0.15, 0.2) is 0 Å². The van der Waals surface area contributed by atoms with Gasteiger partial charge < -0.3 is 0 Å². The lowest BCUT2D eigenvalue weighted by molar-refractivity contribution is 0.582. The van der Waals surface area contributed by atoms with Crippen molar-refractivity contribution in [2.24, 2.45) is 0 Å². The topological polar surface area (TPSA) is 46.2 Å². The maximum atomic E-state index is 10.8. The molecule has 0 aliphatic carbocycles. The largest absolute Gasteiger partial charge is 0.215 e. The molecule has 68 valence electrons. The molecule has 0 spiro atoms. The Hall–Kier alpha value is 0.260. The van der Waals surface area contributed by atoms with Gasteiger partial charge in [-0.05, 0) is 25.4 Å². The molecule has 0 heterocycles. The zero-order valence-electron chi connectivity index (χ0n) is 6.96. The molecule has 0 saturated carbocycles. The number of hydrogen-bond acceptors (Lipinski definition) is 3. The minimum Gasteiger partial charge on any atom is -0.215 e. The van der Waals surface area contributed by atoms with Gasteiger partial charge in [0.1, 0.15) is 0 Å². The maximum absolute atomic E-state index is 10.8. The fraction of sp³-hybridized carbons (Fsp3) is 1.00. The molecule has 0 atom stereocenters. The Bertz CT molecular complexity index is 177. The van der Waals surface area contributed by atoms with Gasteiger partial charge in [-0.1, -0.05) is 0 Å². The third kappa shape index (κ3) is 6.65. The summed E-state index contributed by atoms with van der Waals surface area (Å²) in [6, 6.07) is 0. The SMILES string of the molecule is CCS(=O)(=O)NCCCSC. The average Bonchev–Trinajstić information content (AvgIpc) is 1.99. The van der Waals surface area contributed by atoms with Crippen molar-refractivity contribution in [3.05, 3.63) is 0 Å². The molecule has 0 aromatic carbocycles. The molecule has 0 radical (unpaired) electrons. The van der Waals surface area contributed by atoms with Crippen LogP contribution in [0, 0.1) is 0 Å². The van der Waals surface area contributed by atoms with Crippen LogP contribution >= 0.6 is 11.8 Å². The highest BCUT2D eigenvalue weighted by atomic mass is 32.2. The summed E-state index contributed by atoms with van der Waals surface area (Å²) in [5, 5.41) is 0. The molecule has 0 amide bonds. The zero-order valence-corrected chi connectivity index (χ0v) is 8.59. The Labute approximate surface area is 73.0 Å². The van der Waals surface area contributed by atoms with Gasteiger partial charge in [0.2, 0.25) is 10.0 Å². The van der Waals surface area contributed by atoms with Crippen LogP contribution in [0.5, 0.6) is 0 Å². The van der Waals surface area contributed by atoms with Gasteiger partial charge in [-0.2, -0.15) is 11.8 Å². The third-order valence-corrected chi connectivity index (χ3v) is 3.33. The van der Waals surface area contributed by atoms with Crippen LogP contribution in [0.3, 0.4) is 0 Å². The second kappa shape index (κ2) is 5.85. The molecular weight excluding hydrogens is 182 g/mol. The van der Waals surface area contributed by atoms with Gasteiger partial charge in [0.05, 0.1) is 5.75 Å². The summed E-state index contributed by atoms with van der Waals surface area (Å²) in [7, 11) is -2.96. The highest BCUT2D eigenvalue weighted by Crippen LogP contribution is 1.94. The normalized spacial score (nSPS) is 11.8. The van der Waals surface area contributed by atoms with E-state index in [0.29, 0.717) is 6.54 Å². The van der Waals surface area contributed by atoms with E-state index in [1.165, 1.54) is 0 Å². The van der Waals surface area contributed by atoms with Gasteiger partial charge in [-0.15, -0.1) is 0 Å². The molecule has 0 fully saturated rings. The molecule has 11 heavy (non-hydrogen) atoms. The van der Waals surface area contributed by atoms with E-state index in [-0.39, 0.29) is 5.75 Å². The number of hydrogen-bond donors (Lipinski definition) is 1. The van der Waals surface area contributed by atoms with Gasteiger partial charge in [0.15, 0.2) is 0 Å². The third-order valence-electron chi connectivity index (χ3n) is 1.23. The summed E-state index contributed by atoms with van der Waals surface area (Å²) in [6.07, 6.45) is 2.91. The van der Waals surface area contributed by atoms with Crippen LogP contribution in [0.1, 0.15) is 13.3 Å². The van der Waals surface area contributed by atoms with Crippen LogP contribution in [0.4, 0.5) is 0 Å². The number of rotatable bonds is 6. The monoisotopic (exact) mass is 197 g/mol. The molecule has 0 rings (SSSR count). The first-order valence-electron chi connectivity index (χ1n) is 3.58. The second-order valence-corrected chi connectivity index (χ2v) is 5.23. The molecule has 5 heteroatoms. The van der Waals surface area contributed by atoms with Gasteiger partial charge in [-0.3, -0.25) is 0 Å². The van der Waals surface area contributed by atoms with Gasteiger partial charge in [0, 0.05) is 6.54 Å². The molecule has 0 aliphatic heterocycles. The van der Waals surface area contributed by atoms with Crippen molar-refractivity contribution >= 4 is 21.8 Å². The van der Waals surface area contributed by atoms with Gasteiger partial charge >= 0.3 is 0 Å². The molecule has 0 aliphatic rings. The van der Waals surface area contributed by atoms with Crippen molar-refractivity contribution in [3.63, 3.8) is 0 Å². The summed E-state index contributed by atoms with van der Waals surface area (Å²) < 4.78 is 24.2. The Morgan fingerprint density at radius 3 is 2.55 bits per heavy atom. The lowest BCUT2D eigenvalue weighted by Gasteiger charge is -2.02. The smallest absolute Gasteiger partial charge is 0.211 e. The number of thioether (sulfide) groups is 1. The zero-order chi connectivity index (χ0) is 8.74. The highest BCUT2D eigenvalue weighted by Gasteiger charge is 2.03. The Kier molecular flexibility index (Phi) is 5.99. The predicted octanol–water partition coefficient (Wildman–Crippen LogP) is 0.679. The number of sulfonamides is 1. The summed E-state index contributed by atoms with van der Waals surface area (Å²) in [4.78, 5) is 0. The molecule has 1 N–H and O–H groups in total. The van der Waals surface area contributed by atoms with Gasteiger partial charge in [-0.25, -0.2) is 13.1 Å². The van der Waals surface area contributed by atoms with E-state index in [1.807, 2.05) is 6.26 Å². The van der Waals surface area contributed by atoms with E-state index in [4.69, 9.17) is 0 Å². The highest BCUT2D eigenvalue weighted by molar-refractivity contribution is 7.98. The lowest BCUT2D eigenvalue weighted by atomic mass is 10.5. The quantitative estimate of drug-likeness (QED) is 0.637. The van der Waals surface area contributed by atoms with Crippen LogP contribution in [-0.4, -0.2) is 32.7 Å². The molecule has 0 unspecified atom stereocenters. The van der Waals surface area contributed by atoms with E-state index in [2.05, 4.69) is 4.72 Å². The first-order valence-corrected chi connectivity index (χ1v) is 6.63. The molecule has 0 saturated heterocycles. The van der Waals surface area contributed by atoms with Crippen molar-refractivity contribution in [2.45, 2.75) is 13.3 Å². The first kappa shape index (κ1) is 11.3. The Morgan fingerprint density at radius 2 is 2.09 bits per heavy atom. The van der Waals surface area contributed by atoms with E-state index in [9.17, 15) is 8.42 Å². The summed E-state index contributed by atoms with van der Waals surface area (Å²) in [5.41, 5.74) is 0. The summed E-state index contributed by atoms with van der Waals surface area (Å²) in [5.74, 6) is 1.18. The van der Waals surface area contributed by atoms with Gasteiger partial charge in [0.25, 0.3) is 0 Å².